The van der Waals surface area contributed by atoms with Gasteiger partial charge in [-0.3, -0.25) is 4.79 Å². The maximum Gasteiger partial charge on any atom is 0.196 e. The molecular formula is C13H6Cl3FO. The molecule has 18 heavy (non-hydrogen) atoms. The maximum atomic E-state index is 13.3. The second kappa shape index (κ2) is 5.27. The average Bonchev–Trinajstić information content (AvgIpc) is 2.32. The smallest absolute Gasteiger partial charge is 0.196 e. The van der Waals surface area contributed by atoms with Crippen LogP contribution in [-0.2, 0) is 0 Å². The third-order valence-electron chi connectivity index (χ3n) is 2.37. The predicted octanol–water partition coefficient (Wildman–Crippen LogP) is 5.02. The SMILES string of the molecule is O=C(c1ccc(Cl)c(F)c1)c1c(Cl)cccc1Cl. The number of ketones is 1. The molecule has 0 spiro atoms. The van der Waals surface area contributed by atoms with E-state index < -0.39 is 11.6 Å². The molecule has 0 saturated carbocycles. The van der Waals surface area contributed by atoms with E-state index >= 15 is 0 Å². The maximum absolute atomic E-state index is 13.3. The number of halogens is 4. The van der Waals surface area contributed by atoms with Gasteiger partial charge in [-0.05, 0) is 30.3 Å². The monoisotopic (exact) mass is 302 g/mol. The Morgan fingerprint density at radius 2 is 1.56 bits per heavy atom. The van der Waals surface area contributed by atoms with Gasteiger partial charge in [0.2, 0.25) is 0 Å². The summed E-state index contributed by atoms with van der Waals surface area (Å²) in [6, 6.07) is 8.52. The van der Waals surface area contributed by atoms with Crippen molar-refractivity contribution >= 4 is 40.6 Å². The van der Waals surface area contributed by atoms with Crippen molar-refractivity contribution in [2.75, 3.05) is 0 Å². The zero-order chi connectivity index (χ0) is 13.3. The lowest BCUT2D eigenvalue weighted by Crippen LogP contribution is -2.03. The number of carbonyl (C=O) groups is 1. The van der Waals surface area contributed by atoms with Crippen LogP contribution in [0.2, 0.25) is 15.1 Å². The van der Waals surface area contributed by atoms with Crippen molar-refractivity contribution in [1.29, 1.82) is 0 Å². The molecule has 5 heteroatoms. The highest BCUT2D eigenvalue weighted by atomic mass is 35.5. The molecule has 0 saturated heterocycles. The van der Waals surface area contributed by atoms with Crippen LogP contribution in [0.1, 0.15) is 15.9 Å². The van der Waals surface area contributed by atoms with Gasteiger partial charge in [0, 0.05) is 5.56 Å². The Kier molecular flexibility index (Phi) is 3.91. The van der Waals surface area contributed by atoms with Crippen LogP contribution in [0.15, 0.2) is 36.4 Å². The Morgan fingerprint density at radius 1 is 0.944 bits per heavy atom. The Hall–Kier alpha value is -1.09. The van der Waals surface area contributed by atoms with E-state index in [1.165, 1.54) is 12.1 Å². The molecule has 2 aromatic carbocycles. The molecule has 0 aliphatic rings. The van der Waals surface area contributed by atoms with Gasteiger partial charge in [0.15, 0.2) is 5.78 Å². The van der Waals surface area contributed by atoms with Crippen LogP contribution in [0.3, 0.4) is 0 Å². The van der Waals surface area contributed by atoms with E-state index in [9.17, 15) is 9.18 Å². The second-order valence-corrected chi connectivity index (χ2v) is 4.78. The van der Waals surface area contributed by atoms with Crippen molar-refractivity contribution in [3.05, 3.63) is 68.4 Å². The van der Waals surface area contributed by atoms with E-state index in [1.807, 2.05) is 0 Å². The molecular weight excluding hydrogens is 297 g/mol. The number of carbonyl (C=O) groups excluding carboxylic acids is 1. The second-order valence-electron chi connectivity index (χ2n) is 3.55. The fourth-order valence-electron chi connectivity index (χ4n) is 1.50. The number of benzene rings is 2. The average molecular weight is 304 g/mol. The molecule has 0 aromatic heterocycles. The van der Waals surface area contributed by atoms with Crippen LogP contribution in [0.5, 0.6) is 0 Å². The number of rotatable bonds is 2. The molecule has 92 valence electrons. The third kappa shape index (κ3) is 2.51. The summed E-state index contributed by atoms with van der Waals surface area (Å²) in [7, 11) is 0. The highest BCUT2D eigenvalue weighted by Crippen LogP contribution is 2.27. The predicted molar refractivity (Wildman–Crippen MR) is 71.3 cm³/mol. The third-order valence-corrected chi connectivity index (χ3v) is 3.31. The highest BCUT2D eigenvalue weighted by molar-refractivity contribution is 6.41. The minimum atomic E-state index is -0.661. The first kappa shape index (κ1) is 13.3. The minimum absolute atomic E-state index is 0.0446. The van der Waals surface area contributed by atoms with Gasteiger partial charge in [-0.15, -0.1) is 0 Å². The fraction of sp³-hybridized carbons (Fsp3) is 0. The van der Waals surface area contributed by atoms with Crippen molar-refractivity contribution in [3.8, 4) is 0 Å². The van der Waals surface area contributed by atoms with Gasteiger partial charge < -0.3 is 0 Å². The summed E-state index contributed by atoms with van der Waals surface area (Å²) in [5, 5.41) is 0.405. The van der Waals surface area contributed by atoms with E-state index in [0.29, 0.717) is 0 Å². The standard InChI is InChI=1S/C13H6Cl3FO/c14-8-5-4-7(6-11(8)17)13(18)12-9(15)2-1-3-10(12)16/h1-6H. The summed E-state index contributed by atoms with van der Waals surface area (Å²) < 4.78 is 13.3. The normalized spacial score (nSPS) is 10.4. The van der Waals surface area contributed by atoms with Crippen LogP contribution < -0.4 is 0 Å². The summed E-state index contributed by atoms with van der Waals surface area (Å²) in [6.07, 6.45) is 0. The molecule has 2 rings (SSSR count). The summed E-state index contributed by atoms with van der Waals surface area (Å²) in [4.78, 5) is 12.2. The Bertz CT molecular complexity index is 605. The number of hydrogen-bond donors (Lipinski definition) is 0. The molecule has 0 bridgehead atoms. The molecule has 0 aliphatic heterocycles. The van der Waals surface area contributed by atoms with Crippen molar-refractivity contribution in [3.63, 3.8) is 0 Å². The molecule has 1 nitrogen and oxygen atoms in total. The molecule has 0 amide bonds. The minimum Gasteiger partial charge on any atom is -0.288 e. The van der Waals surface area contributed by atoms with Crippen LogP contribution in [0.25, 0.3) is 0 Å². The van der Waals surface area contributed by atoms with E-state index in [4.69, 9.17) is 34.8 Å². The van der Waals surface area contributed by atoms with Crippen LogP contribution in [-0.4, -0.2) is 5.78 Å². The molecule has 2 aromatic rings. The summed E-state index contributed by atoms with van der Waals surface area (Å²) in [5.41, 5.74) is 0.300. The topological polar surface area (TPSA) is 17.1 Å². The van der Waals surface area contributed by atoms with Gasteiger partial charge in [-0.25, -0.2) is 4.39 Å². The molecule has 0 aliphatic carbocycles. The molecule has 0 atom stereocenters. The Morgan fingerprint density at radius 3 is 2.11 bits per heavy atom. The summed E-state index contributed by atoms with van der Waals surface area (Å²) >= 11 is 17.4. The van der Waals surface area contributed by atoms with Gasteiger partial charge in [-0.1, -0.05) is 40.9 Å². The fourth-order valence-corrected chi connectivity index (χ4v) is 2.18. The quantitative estimate of drug-likeness (QED) is 0.712. The first-order valence-corrected chi connectivity index (χ1v) is 6.08. The van der Waals surface area contributed by atoms with Crippen molar-refractivity contribution in [2.45, 2.75) is 0 Å². The summed E-state index contributed by atoms with van der Waals surface area (Å²) in [6.45, 7) is 0. The zero-order valence-corrected chi connectivity index (χ0v) is 11.2. The first-order valence-electron chi connectivity index (χ1n) is 4.94. The van der Waals surface area contributed by atoms with Gasteiger partial charge in [-0.2, -0.15) is 0 Å². The van der Waals surface area contributed by atoms with E-state index in [1.54, 1.807) is 18.2 Å². The molecule has 0 radical (unpaired) electrons. The van der Waals surface area contributed by atoms with Crippen molar-refractivity contribution in [2.24, 2.45) is 0 Å². The highest BCUT2D eigenvalue weighted by Gasteiger charge is 2.17. The lowest BCUT2D eigenvalue weighted by molar-refractivity contribution is 0.103. The number of hydrogen-bond acceptors (Lipinski definition) is 1. The van der Waals surface area contributed by atoms with Gasteiger partial charge in [0.25, 0.3) is 0 Å². The summed E-state index contributed by atoms with van der Waals surface area (Å²) in [5.74, 6) is -1.10. The Balaban J connectivity index is 2.51. The van der Waals surface area contributed by atoms with Crippen LogP contribution in [0.4, 0.5) is 4.39 Å². The molecule has 0 N–H and O–H groups in total. The zero-order valence-electron chi connectivity index (χ0n) is 8.88. The van der Waals surface area contributed by atoms with E-state index in [2.05, 4.69) is 0 Å². The lowest BCUT2D eigenvalue weighted by Gasteiger charge is -2.06. The van der Waals surface area contributed by atoms with Crippen molar-refractivity contribution < 1.29 is 9.18 Å². The molecule has 0 fully saturated rings. The van der Waals surface area contributed by atoms with Crippen LogP contribution in [0, 0.1) is 5.82 Å². The van der Waals surface area contributed by atoms with Gasteiger partial charge in [0.05, 0.1) is 20.6 Å². The Labute approximate surface area is 118 Å². The molecule has 0 unspecified atom stereocenters. The van der Waals surface area contributed by atoms with Crippen molar-refractivity contribution in [1.82, 2.24) is 0 Å². The largest absolute Gasteiger partial charge is 0.288 e. The molecule has 0 heterocycles. The van der Waals surface area contributed by atoms with Gasteiger partial charge >= 0.3 is 0 Å². The van der Waals surface area contributed by atoms with Crippen LogP contribution >= 0.6 is 34.8 Å². The lowest BCUT2D eigenvalue weighted by atomic mass is 10.0. The first-order chi connectivity index (χ1) is 8.50. The van der Waals surface area contributed by atoms with Gasteiger partial charge in [0.1, 0.15) is 5.82 Å². The van der Waals surface area contributed by atoms with E-state index in [-0.39, 0.29) is 26.2 Å². The van der Waals surface area contributed by atoms with E-state index in [0.717, 1.165) is 6.07 Å².